The van der Waals surface area contributed by atoms with Crippen molar-refractivity contribution in [3.05, 3.63) is 52.7 Å². The number of sulfonamides is 1. The van der Waals surface area contributed by atoms with Crippen LogP contribution in [0.25, 0.3) is 16.8 Å². The van der Waals surface area contributed by atoms with Crippen molar-refractivity contribution in [3.63, 3.8) is 0 Å². The third-order valence-electron chi connectivity index (χ3n) is 4.40. The first-order chi connectivity index (χ1) is 13.4. The number of rotatable bonds is 3. The van der Waals surface area contributed by atoms with E-state index in [1.807, 2.05) is 13.2 Å². The molecule has 10 heteroatoms. The van der Waals surface area contributed by atoms with Crippen LogP contribution in [0.5, 0.6) is 0 Å². The molecule has 150 valence electrons. The molecule has 0 unspecified atom stereocenters. The highest BCUT2D eigenvalue weighted by Gasteiger charge is 2.20. The molecule has 1 saturated heterocycles. The monoisotopic (exact) mass is 404 g/mol. The summed E-state index contributed by atoms with van der Waals surface area (Å²) in [5.41, 5.74) is 1.94. The zero-order valence-corrected chi connectivity index (χ0v) is 16.8. The Morgan fingerprint density at radius 3 is 2.54 bits per heavy atom. The van der Waals surface area contributed by atoms with Crippen molar-refractivity contribution in [2.75, 3.05) is 13.1 Å². The molecule has 28 heavy (non-hydrogen) atoms. The van der Waals surface area contributed by atoms with E-state index in [0.717, 1.165) is 24.8 Å². The van der Waals surface area contributed by atoms with E-state index in [4.69, 9.17) is 0 Å². The Morgan fingerprint density at radius 2 is 1.89 bits per heavy atom. The first kappa shape index (κ1) is 20.0. The molecule has 0 aliphatic carbocycles. The zero-order valence-electron chi connectivity index (χ0n) is 15.9. The number of hydrogen-bond acceptors (Lipinski definition) is 5. The van der Waals surface area contributed by atoms with Crippen molar-refractivity contribution in [1.29, 1.82) is 0 Å². The average Bonchev–Trinajstić information content (AvgIpc) is 3.32. The molecular weight excluding hydrogens is 380 g/mol. The third-order valence-corrected chi connectivity index (χ3v) is 6.10. The Morgan fingerprint density at radius 1 is 1.14 bits per heavy atom. The predicted molar refractivity (Wildman–Crippen MR) is 107 cm³/mol. The second-order valence-electron chi connectivity index (χ2n) is 6.53. The summed E-state index contributed by atoms with van der Waals surface area (Å²) in [5.74, 6) is 0. The van der Waals surface area contributed by atoms with Crippen molar-refractivity contribution < 1.29 is 8.42 Å². The SMILES string of the molecule is C/C=C/S(=O)(=O)N1CCCCC1.Cn1cc(-c2cn3nccc3c(=O)[nH]2)cn1. The highest BCUT2D eigenvalue weighted by atomic mass is 32.2. The van der Waals surface area contributed by atoms with Crippen molar-refractivity contribution in [3.8, 4) is 11.3 Å². The molecule has 0 atom stereocenters. The first-order valence-electron chi connectivity index (χ1n) is 9.09. The minimum atomic E-state index is -3.08. The zero-order chi connectivity index (χ0) is 20.1. The van der Waals surface area contributed by atoms with Crippen LogP contribution in [0.4, 0.5) is 0 Å². The number of nitrogens with zero attached hydrogens (tertiary/aromatic N) is 5. The van der Waals surface area contributed by atoms with E-state index in [1.165, 1.54) is 5.41 Å². The van der Waals surface area contributed by atoms with E-state index in [-0.39, 0.29) is 5.56 Å². The Labute approximate surface area is 163 Å². The molecule has 0 saturated carbocycles. The lowest BCUT2D eigenvalue weighted by Gasteiger charge is -2.24. The normalized spacial score (nSPS) is 15.6. The molecule has 4 rings (SSSR count). The van der Waals surface area contributed by atoms with E-state index in [2.05, 4.69) is 15.2 Å². The molecule has 4 heterocycles. The molecule has 0 spiro atoms. The summed E-state index contributed by atoms with van der Waals surface area (Å²) in [5, 5.41) is 9.37. The fourth-order valence-electron chi connectivity index (χ4n) is 3.02. The van der Waals surface area contributed by atoms with Gasteiger partial charge in [0.1, 0.15) is 5.52 Å². The van der Waals surface area contributed by atoms with E-state index < -0.39 is 10.0 Å². The second kappa shape index (κ2) is 8.53. The minimum Gasteiger partial charge on any atom is -0.319 e. The van der Waals surface area contributed by atoms with Gasteiger partial charge in [0.25, 0.3) is 5.56 Å². The van der Waals surface area contributed by atoms with Crippen LogP contribution in [0.15, 0.2) is 47.1 Å². The van der Waals surface area contributed by atoms with E-state index in [0.29, 0.717) is 24.3 Å². The molecule has 3 aromatic heterocycles. The predicted octanol–water partition coefficient (Wildman–Crippen LogP) is 1.76. The van der Waals surface area contributed by atoms with Crippen LogP contribution in [-0.4, -0.2) is 50.2 Å². The van der Waals surface area contributed by atoms with Crippen molar-refractivity contribution in [2.24, 2.45) is 7.05 Å². The number of hydrogen-bond donors (Lipinski definition) is 1. The quantitative estimate of drug-likeness (QED) is 0.716. The molecule has 3 aromatic rings. The van der Waals surface area contributed by atoms with Gasteiger partial charge in [0.2, 0.25) is 10.0 Å². The topological polar surface area (TPSA) is 105 Å². The third kappa shape index (κ3) is 4.57. The number of H-pyrrole nitrogens is 1. The molecule has 9 nitrogen and oxygen atoms in total. The standard InChI is InChI=1S/C10H9N5O.C8H15NO2S/c1-14-5-7(4-12-14)8-6-15-9(2-3-11-15)10(16)13-8;1-2-8-12(10,11)9-6-4-3-5-7-9/h2-6H,1H3,(H,13,16);2,8H,3-7H2,1H3/b;8-2+. The number of aromatic nitrogens is 5. The second-order valence-corrected chi connectivity index (χ2v) is 8.35. The Hall–Kier alpha value is -2.72. The van der Waals surface area contributed by atoms with Gasteiger partial charge in [0.05, 0.1) is 24.3 Å². The van der Waals surface area contributed by atoms with Gasteiger partial charge in [-0.15, -0.1) is 0 Å². The van der Waals surface area contributed by atoms with Gasteiger partial charge in [-0.05, 0) is 25.8 Å². The first-order valence-corrected chi connectivity index (χ1v) is 10.6. The summed E-state index contributed by atoms with van der Waals surface area (Å²) < 4.78 is 27.6. The van der Waals surface area contributed by atoms with Crippen molar-refractivity contribution in [2.45, 2.75) is 26.2 Å². The van der Waals surface area contributed by atoms with Crippen LogP contribution in [0.1, 0.15) is 26.2 Å². The van der Waals surface area contributed by atoms with Crippen LogP contribution < -0.4 is 5.56 Å². The Bertz CT molecular complexity index is 1120. The van der Waals surface area contributed by atoms with Gasteiger partial charge in [-0.1, -0.05) is 12.5 Å². The molecule has 1 N–H and O–H groups in total. The number of fused-ring (bicyclic) bond motifs is 1. The summed E-state index contributed by atoms with van der Waals surface area (Å²) in [6.07, 6.45) is 11.6. The maximum absolute atomic E-state index is 11.7. The molecule has 0 radical (unpaired) electrons. The highest BCUT2D eigenvalue weighted by molar-refractivity contribution is 7.92. The fraction of sp³-hybridized carbons (Fsp3) is 0.389. The number of allylic oxidation sites excluding steroid dienone is 1. The average molecular weight is 404 g/mol. The Kier molecular flexibility index (Phi) is 6.10. The van der Waals surface area contributed by atoms with Gasteiger partial charge in [-0.2, -0.15) is 14.5 Å². The lowest BCUT2D eigenvalue weighted by molar-refractivity contribution is 0.350. The van der Waals surface area contributed by atoms with Gasteiger partial charge < -0.3 is 4.98 Å². The summed E-state index contributed by atoms with van der Waals surface area (Å²) in [6, 6.07) is 1.67. The summed E-state index contributed by atoms with van der Waals surface area (Å²) in [7, 11) is -1.25. The molecule has 1 aliphatic heterocycles. The fourth-order valence-corrected chi connectivity index (χ4v) is 4.31. The van der Waals surface area contributed by atoms with Crippen LogP contribution in [-0.2, 0) is 17.1 Å². The number of aromatic amines is 1. The molecule has 1 fully saturated rings. The molecule has 0 amide bonds. The van der Waals surface area contributed by atoms with Gasteiger partial charge in [0, 0.05) is 37.3 Å². The number of aryl methyl sites for hydroxylation is 1. The van der Waals surface area contributed by atoms with Gasteiger partial charge in [0.15, 0.2) is 0 Å². The Balaban J connectivity index is 0.000000169. The van der Waals surface area contributed by atoms with Crippen molar-refractivity contribution in [1.82, 2.24) is 28.7 Å². The van der Waals surface area contributed by atoms with E-state index in [1.54, 1.807) is 51.2 Å². The summed E-state index contributed by atoms with van der Waals surface area (Å²) >= 11 is 0. The van der Waals surface area contributed by atoms with Crippen LogP contribution >= 0.6 is 0 Å². The summed E-state index contributed by atoms with van der Waals surface area (Å²) in [6.45, 7) is 3.10. The molecule has 1 aliphatic rings. The largest absolute Gasteiger partial charge is 0.319 e. The maximum Gasteiger partial charge on any atom is 0.274 e. The van der Waals surface area contributed by atoms with Gasteiger partial charge in [-0.25, -0.2) is 12.9 Å². The molecule has 0 aromatic carbocycles. The van der Waals surface area contributed by atoms with Gasteiger partial charge in [-0.3, -0.25) is 9.48 Å². The van der Waals surface area contributed by atoms with Gasteiger partial charge >= 0.3 is 0 Å². The van der Waals surface area contributed by atoms with E-state index >= 15 is 0 Å². The van der Waals surface area contributed by atoms with Crippen molar-refractivity contribution >= 4 is 15.5 Å². The van der Waals surface area contributed by atoms with Crippen LogP contribution in [0.2, 0.25) is 0 Å². The molecular formula is C18H24N6O3S. The number of piperidine rings is 1. The molecule has 0 bridgehead atoms. The minimum absolute atomic E-state index is 0.154. The lowest BCUT2D eigenvalue weighted by atomic mass is 10.2. The smallest absolute Gasteiger partial charge is 0.274 e. The van der Waals surface area contributed by atoms with Crippen LogP contribution in [0.3, 0.4) is 0 Å². The highest BCUT2D eigenvalue weighted by Crippen LogP contribution is 2.14. The van der Waals surface area contributed by atoms with E-state index in [9.17, 15) is 13.2 Å². The van der Waals surface area contributed by atoms with Crippen LogP contribution in [0, 0.1) is 0 Å². The lowest BCUT2D eigenvalue weighted by Crippen LogP contribution is -2.34. The summed E-state index contributed by atoms with van der Waals surface area (Å²) in [4.78, 5) is 14.5. The number of nitrogens with one attached hydrogen (secondary N) is 1. The maximum atomic E-state index is 11.7.